The highest BCUT2D eigenvalue weighted by Gasteiger charge is 2.70. The number of hydrogen-bond acceptors (Lipinski definition) is 15. The van der Waals surface area contributed by atoms with E-state index in [0.29, 0.717) is 91.9 Å². The molecule has 23 heteroatoms. The van der Waals surface area contributed by atoms with E-state index in [1.54, 1.807) is 0 Å². The minimum absolute atomic E-state index is 0.0880. The molecule has 0 radical (unpaired) electrons. The zero-order chi connectivity index (χ0) is 71.5. The molecular weight excluding hydrogens is 1370 g/mol. The van der Waals surface area contributed by atoms with E-state index in [1.165, 1.54) is 0 Å². The Hall–Kier alpha value is -10.8. The van der Waals surface area contributed by atoms with Crippen molar-refractivity contribution in [1.82, 2.24) is 16.9 Å². The summed E-state index contributed by atoms with van der Waals surface area (Å²) in [4.78, 5) is 71.2. The number of fused-ring (bicyclic) bond motifs is 28. The molecular formula is C82H74N16O3Si4. The Labute approximate surface area is 609 Å². The molecule has 0 spiro atoms. The van der Waals surface area contributed by atoms with Gasteiger partial charge in [0.15, 0.2) is 63.3 Å². The third kappa shape index (κ3) is 8.67. The van der Waals surface area contributed by atoms with Crippen molar-refractivity contribution in [3.63, 3.8) is 0 Å². The van der Waals surface area contributed by atoms with Gasteiger partial charge in [0.05, 0.1) is 0 Å². The first-order chi connectivity index (χ1) is 50.9. The quantitative estimate of drug-likeness (QED) is 0.110. The van der Waals surface area contributed by atoms with E-state index in [0.717, 1.165) is 87.6 Å². The number of aromatic nitrogens is 4. The van der Waals surface area contributed by atoms with Crippen LogP contribution in [0.25, 0.3) is 43.1 Å². The summed E-state index contributed by atoms with van der Waals surface area (Å²) in [6.45, 7) is 28.1. The first kappa shape index (κ1) is 63.9. The topological polar surface area (TPSA) is 196 Å². The van der Waals surface area contributed by atoms with Crippen LogP contribution in [0.2, 0.25) is 33.2 Å². The van der Waals surface area contributed by atoms with E-state index in [1.807, 2.05) is 48.5 Å². The third-order valence-corrected chi connectivity index (χ3v) is 44.8. The van der Waals surface area contributed by atoms with E-state index in [9.17, 15) is 12.3 Å². The Balaban J connectivity index is 1.13. The summed E-state index contributed by atoms with van der Waals surface area (Å²) in [5.74, 6) is 5.76. The van der Waals surface area contributed by atoms with Crippen LogP contribution >= 0.6 is 0 Å². The molecule has 19 nitrogen and oxygen atoms in total. The van der Waals surface area contributed by atoms with Crippen LogP contribution in [0.4, 0.5) is 23.3 Å². The molecule has 105 heavy (non-hydrogen) atoms. The maximum atomic E-state index is 10.3. The molecule has 8 aromatic carbocycles. The lowest BCUT2D eigenvalue weighted by Crippen LogP contribution is -2.79. The highest BCUT2D eigenvalue weighted by molar-refractivity contribution is 6.92. The van der Waals surface area contributed by atoms with Crippen molar-refractivity contribution < 1.29 is 12.3 Å². The molecule has 20 rings (SSSR count). The van der Waals surface area contributed by atoms with Crippen LogP contribution in [0.3, 0.4) is 0 Å². The molecule has 12 aromatic rings. The molecule has 4 aromatic heterocycles. The van der Waals surface area contributed by atoms with Crippen LogP contribution in [-0.2, 0) is 12.3 Å². The van der Waals surface area contributed by atoms with Gasteiger partial charge in [0.25, 0.3) is 0 Å². The fourth-order valence-corrected chi connectivity index (χ4v) is 45.3. The fraction of sp³-hybridized carbons (Fsp3) is 0.220. The third-order valence-electron chi connectivity index (χ3n) is 22.9. The standard InChI is InChI=1S/C82H74N16O3Si4/c1-45(2)102(46(3)4,47(5)6)99-104(95-75-59-37-21-22-38-60(59)77(95)89-69-53-31-15-16-32-54(53)70(84-69)90-78-62-40-24-23-39-61(62)76(96(78)104)88-68-52-30-14-13-29-51(52)67(83-68)87-75)101-105(100-103(48(7)8,49(9)10)50(11)12)97-79-63-41-25-26-42-64(63)81(97)93-73-57-35-19-20-36-58(57)74(86-73)94-82-66-44-28-27-43-65(66)80(98(82)105)92-72-56-34-18-17-33-55(56)71(85-72)91-79/h13-50H,1-12H3. The molecule has 0 aliphatic carbocycles. The van der Waals surface area contributed by atoms with Gasteiger partial charge in [-0.2, -0.15) is 0 Å². The lowest BCUT2D eigenvalue weighted by Gasteiger charge is -2.52. The van der Waals surface area contributed by atoms with E-state index in [4.69, 9.17) is 59.9 Å². The van der Waals surface area contributed by atoms with E-state index >= 15 is 0 Å². The van der Waals surface area contributed by atoms with Crippen LogP contribution in [0, 0.1) is 0 Å². The molecule has 0 N–H and O–H groups in total. The summed E-state index contributed by atoms with van der Waals surface area (Å²) < 4.78 is 38.8. The molecule has 0 saturated heterocycles. The number of hydrogen-bond donors (Lipinski definition) is 0. The summed E-state index contributed by atoms with van der Waals surface area (Å²) in [7, 11) is -18.4. The molecule has 8 aliphatic rings. The molecule has 2 unspecified atom stereocenters. The summed E-state index contributed by atoms with van der Waals surface area (Å²) in [6, 6.07) is 66.8. The van der Waals surface area contributed by atoms with Gasteiger partial charge >= 0.3 is 17.8 Å². The monoisotopic (exact) mass is 1440 g/mol. The maximum Gasteiger partial charge on any atom is 0.586 e. The average Bonchev–Trinajstić information content (AvgIpc) is 1.55. The van der Waals surface area contributed by atoms with E-state index in [2.05, 4.69) is 246 Å². The van der Waals surface area contributed by atoms with Crippen molar-refractivity contribution in [3.05, 3.63) is 261 Å². The average molecular weight is 1440 g/mol. The van der Waals surface area contributed by atoms with Gasteiger partial charge in [-0.05, 0) is 33.2 Å². The van der Waals surface area contributed by atoms with Crippen molar-refractivity contribution in [2.45, 2.75) is 116 Å². The summed E-state index contributed by atoms with van der Waals surface area (Å²) in [6.07, 6.45) is 0. The van der Waals surface area contributed by atoms with Gasteiger partial charge in [0.1, 0.15) is 45.2 Å². The minimum atomic E-state index is -5.57. The van der Waals surface area contributed by atoms with Gasteiger partial charge in [-0.3, -0.25) is 16.9 Å². The van der Waals surface area contributed by atoms with Crippen molar-refractivity contribution in [2.24, 2.45) is 59.9 Å². The van der Waals surface area contributed by atoms with Gasteiger partial charge < -0.3 is 12.3 Å². The fourth-order valence-electron chi connectivity index (χ4n) is 18.6. The van der Waals surface area contributed by atoms with E-state index in [-0.39, 0.29) is 33.2 Å². The summed E-state index contributed by atoms with van der Waals surface area (Å²) >= 11 is 0. The largest absolute Gasteiger partial charge is 0.586 e. The number of benzene rings is 8. The first-order valence-corrected chi connectivity index (χ1v) is 44.3. The Kier molecular flexibility index (Phi) is 13.9. The molecule has 12 bridgehead atoms. The van der Waals surface area contributed by atoms with Gasteiger partial charge in [0.2, 0.25) is 0 Å². The lowest BCUT2D eigenvalue weighted by atomic mass is 10.1. The molecule has 0 amide bonds. The Bertz CT molecular complexity index is 5710. The second kappa shape index (κ2) is 22.9. The predicted molar refractivity (Wildman–Crippen MR) is 428 cm³/mol. The van der Waals surface area contributed by atoms with Gasteiger partial charge in [-0.15, -0.1) is 0 Å². The minimum Gasteiger partial charge on any atom is -0.403 e. The van der Waals surface area contributed by atoms with Crippen LogP contribution in [-0.4, -0.2) is 98.0 Å². The highest BCUT2D eigenvalue weighted by atomic mass is 28.5. The molecule has 0 fully saturated rings. The Morgan fingerprint density at radius 3 is 0.610 bits per heavy atom. The SMILES string of the molecule is CC(C)[Si](O[Si]1(O[Si]2(O[Si](C(C)C)(C(C)C)C(C)C)n3c4c5ccccc5c3N=C3N=C(N=c5c6ccccc6c(n52)=NC2=NC(=N4)c4ccccc42)c2ccccc23)n2c3c4ccccc4c2N=C2N=C(N=c4c5ccccc5c(n41)=NC1=NC(=N3)c3ccccc31)c1ccccc12)(C(C)C)C(C)C. The number of rotatable bonds is 12. The summed E-state index contributed by atoms with van der Waals surface area (Å²) in [5.41, 5.74) is 8.03. The number of nitrogens with zero attached hydrogens (tertiary/aromatic N) is 16. The van der Waals surface area contributed by atoms with Crippen LogP contribution in [0.1, 0.15) is 128 Å². The molecule has 516 valence electrons. The van der Waals surface area contributed by atoms with Crippen LogP contribution in [0.5, 0.6) is 0 Å². The van der Waals surface area contributed by atoms with Gasteiger partial charge in [-0.25, -0.2) is 59.9 Å². The normalized spacial score (nSPS) is 18.6. The molecule has 2 atom stereocenters. The lowest BCUT2D eigenvalue weighted by molar-refractivity contribution is 0.246. The van der Waals surface area contributed by atoms with Crippen molar-refractivity contribution in [2.75, 3.05) is 0 Å². The zero-order valence-corrected chi connectivity index (χ0v) is 64.3. The second-order valence-corrected chi connectivity index (χ2v) is 47.0. The first-order valence-electron chi connectivity index (χ1n) is 36.6. The molecule has 12 heterocycles. The highest BCUT2D eigenvalue weighted by Crippen LogP contribution is 2.54. The van der Waals surface area contributed by atoms with Crippen molar-refractivity contribution >= 4 is 147 Å². The zero-order valence-electron chi connectivity index (χ0n) is 60.3. The van der Waals surface area contributed by atoms with Crippen molar-refractivity contribution in [1.29, 1.82) is 0 Å². The Morgan fingerprint density at radius 2 is 0.410 bits per heavy atom. The summed E-state index contributed by atoms with van der Waals surface area (Å²) in [5, 5.41) is 6.23. The van der Waals surface area contributed by atoms with Crippen LogP contribution in [0.15, 0.2) is 254 Å². The Morgan fingerprint density at radius 1 is 0.229 bits per heavy atom. The number of amidine groups is 8. The van der Waals surface area contributed by atoms with Gasteiger partial charge in [-0.1, -0.05) is 277 Å². The number of aliphatic imine (C=N–C) groups is 8. The second-order valence-electron chi connectivity index (χ2n) is 30.3. The van der Waals surface area contributed by atoms with Crippen molar-refractivity contribution in [3.8, 4) is 0 Å². The molecule has 0 saturated carbocycles. The van der Waals surface area contributed by atoms with Crippen LogP contribution < -0.4 is 22.0 Å². The predicted octanol–water partition coefficient (Wildman–Crippen LogP) is 16.2. The maximum absolute atomic E-state index is 10.3. The van der Waals surface area contributed by atoms with Gasteiger partial charge in [0, 0.05) is 87.6 Å². The smallest absolute Gasteiger partial charge is 0.403 e. The molecule has 8 aliphatic heterocycles. The van der Waals surface area contributed by atoms with E-state index < -0.39 is 34.4 Å².